The molecule has 3 aromatic carbocycles. The number of aryl methyl sites for hydroxylation is 1. The van der Waals surface area contributed by atoms with Crippen molar-refractivity contribution in [2.24, 2.45) is 0 Å². The minimum atomic E-state index is -1.05. The average molecular weight is 493 g/mol. The lowest BCUT2D eigenvalue weighted by molar-refractivity contribution is -0.139. The molecule has 4 rings (SSSR count). The van der Waals surface area contributed by atoms with Gasteiger partial charge in [0, 0.05) is 16.1 Å². The predicted molar refractivity (Wildman–Crippen MR) is 135 cm³/mol. The van der Waals surface area contributed by atoms with Gasteiger partial charge in [0.15, 0.2) is 18.1 Å². The standard InChI is InChI=1S/C27H25ClN2O5/c1-4-17-8-13-24(35-16-26(31)32)21(14-17)22-15-23(20-6-5-7-25(33-2)27(20)34-3)30(29-22)19-11-9-18(28)10-12-19/h5-15H,4,16H2,1-3H3,(H,31,32). The molecule has 0 aliphatic rings. The number of carboxylic acids is 1. The maximum absolute atomic E-state index is 11.1. The highest BCUT2D eigenvalue weighted by Gasteiger charge is 2.21. The Morgan fingerprint density at radius 3 is 2.40 bits per heavy atom. The molecule has 0 spiro atoms. The third kappa shape index (κ3) is 5.10. The Morgan fingerprint density at radius 2 is 1.74 bits per heavy atom. The van der Waals surface area contributed by atoms with Crippen molar-refractivity contribution < 1.29 is 24.1 Å². The lowest BCUT2D eigenvalue weighted by atomic mass is 10.0. The van der Waals surface area contributed by atoms with Gasteiger partial charge < -0.3 is 19.3 Å². The maximum atomic E-state index is 11.1. The molecule has 0 saturated carbocycles. The largest absolute Gasteiger partial charge is 0.493 e. The van der Waals surface area contributed by atoms with Crippen molar-refractivity contribution in [3.63, 3.8) is 0 Å². The first-order chi connectivity index (χ1) is 16.9. The Balaban J connectivity index is 1.95. The van der Waals surface area contributed by atoms with Crippen molar-refractivity contribution in [1.82, 2.24) is 9.78 Å². The number of carboxylic acid groups (broad SMARTS) is 1. The Bertz CT molecular complexity index is 1350. The molecule has 180 valence electrons. The van der Waals surface area contributed by atoms with Crippen LogP contribution in [0.2, 0.25) is 5.02 Å². The van der Waals surface area contributed by atoms with Crippen LogP contribution in [0.5, 0.6) is 17.2 Å². The molecule has 7 nitrogen and oxygen atoms in total. The van der Waals surface area contributed by atoms with Gasteiger partial charge in [0.05, 0.1) is 31.3 Å². The highest BCUT2D eigenvalue weighted by atomic mass is 35.5. The monoisotopic (exact) mass is 492 g/mol. The molecular weight excluding hydrogens is 468 g/mol. The number of carbonyl (C=O) groups is 1. The second-order valence-electron chi connectivity index (χ2n) is 7.71. The number of methoxy groups -OCH3 is 2. The first-order valence-corrected chi connectivity index (χ1v) is 11.4. The molecule has 1 aromatic heterocycles. The molecule has 0 aliphatic carbocycles. The summed E-state index contributed by atoms with van der Waals surface area (Å²) >= 11 is 6.13. The molecular formula is C27H25ClN2O5. The smallest absolute Gasteiger partial charge is 0.341 e. The number of rotatable bonds is 9. The van der Waals surface area contributed by atoms with Gasteiger partial charge >= 0.3 is 5.97 Å². The highest BCUT2D eigenvalue weighted by Crippen LogP contribution is 2.41. The van der Waals surface area contributed by atoms with Crippen LogP contribution in [0.1, 0.15) is 12.5 Å². The minimum Gasteiger partial charge on any atom is -0.493 e. The number of aromatic nitrogens is 2. The second kappa shape index (κ2) is 10.5. The molecule has 0 fully saturated rings. The van der Waals surface area contributed by atoms with Gasteiger partial charge in [-0.25, -0.2) is 9.48 Å². The van der Waals surface area contributed by atoms with E-state index in [1.54, 1.807) is 37.1 Å². The average Bonchev–Trinajstić information content (AvgIpc) is 3.32. The van der Waals surface area contributed by atoms with Gasteiger partial charge in [-0.05, 0) is 66.6 Å². The molecule has 0 radical (unpaired) electrons. The van der Waals surface area contributed by atoms with E-state index >= 15 is 0 Å². The van der Waals surface area contributed by atoms with E-state index in [1.165, 1.54) is 0 Å². The zero-order valence-electron chi connectivity index (χ0n) is 19.6. The van der Waals surface area contributed by atoms with Crippen molar-refractivity contribution >= 4 is 17.6 Å². The van der Waals surface area contributed by atoms with Gasteiger partial charge in [-0.1, -0.05) is 30.7 Å². The number of aliphatic carboxylic acids is 1. The quantitative estimate of drug-likeness (QED) is 0.313. The maximum Gasteiger partial charge on any atom is 0.341 e. The third-order valence-electron chi connectivity index (χ3n) is 5.54. The van der Waals surface area contributed by atoms with E-state index in [2.05, 4.69) is 6.92 Å². The zero-order chi connectivity index (χ0) is 24.9. The third-order valence-corrected chi connectivity index (χ3v) is 5.79. The fourth-order valence-electron chi connectivity index (χ4n) is 3.84. The van der Waals surface area contributed by atoms with Crippen molar-refractivity contribution in [1.29, 1.82) is 0 Å². The van der Waals surface area contributed by atoms with Crippen molar-refractivity contribution in [3.8, 4) is 45.5 Å². The van der Waals surface area contributed by atoms with Crippen LogP contribution >= 0.6 is 11.6 Å². The fourth-order valence-corrected chi connectivity index (χ4v) is 3.96. The van der Waals surface area contributed by atoms with Crippen LogP contribution in [0.3, 0.4) is 0 Å². The number of nitrogens with zero attached hydrogens (tertiary/aromatic N) is 2. The molecule has 0 unspecified atom stereocenters. The molecule has 0 amide bonds. The van der Waals surface area contributed by atoms with E-state index in [4.69, 9.17) is 36.0 Å². The summed E-state index contributed by atoms with van der Waals surface area (Å²) in [6.07, 6.45) is 0.806. The van der Waals surface area contributed by atoms with Gasteiger partial charge in [0.25, 0.3) is 0 Å². The van der Waals surface area contributed by atoms with Crippen molar-refractivity contribution in [3.05, 3.63) is 77.3 Å². The molecule has 1 N–H and O–H groups in total. The summed E-state index contributed by atoms with van der Waals surface area (Å²) in [6, 6.07) is 20.6. The number of hydrogen-bond donors (Lipinski definition) is 1. The van der Waals surface area contributed by atoms with Crippen LogP contribution in [0.25, 0.3) is 28.2 Å². The zero-order valence-corrected chi connectivity index (χ0v) is 20.4. The number of hydrogen-bond acceptors (Lipinski definition) is 5. The topological polar surface area (TPSA) is 82.8 Å². The molecule has 0 atom stereocenters. The van der Waals surface area contributed by atoms with Crippen molar-refractivity contribution in [2.45, 2.75) is 13.3 Å². The summed E-state index contributed by atoms with van der Waals surface area (Å²) < 4.78 is 18.6. The molecule has 0 aliphatic heterocycles. The molecule has 0 saturated heterocycles. The Hall–Kier alpha value is -3.97. The molecule has 8 heteroatoms. The normalized spacial score (nSPS) is 10.7. The van der Waals surface area contributed by atoms with E-state index in [1.807, 2.05) is 48.5 Å². The Kier molecular flexibility index (Phi) is 7.27. The van der Waals surface area contributed by atoms with Gasteiger partial charge in [0.2, 0.25) is 0 Å². The first kappa shape index (κ1) is 24.2. The summed E-state index contributed by atoms with van der Waals surface area (Å²) in [5, 5.41) is 14.6. The van der Waals surface area contributed by atoms with Crippen LogP contribution < -0.4 is 14.2 Å². The minimum absolute atomic E-state index is 0.439. The molecule has 0 bridgehead atoms. The molecule has 1 heterocycles. The van der Waals surface area contributed by atoms with Gasteiger partial charge in [-0.2, -0.15) is 5.10 Å². The second-order valence-corrected chi connectivity index (χ2v) is 8.15. The summed E-state index contributed by atoms with van der Waals surface area (Å²) in [5.74, 6) is 0.550. The number of halogens is 1. The lowest BCUT2D eigenvalue weighted by Gasteiger charge is -2.14. The summed E-state index contributed by atoms with van der Waals surface area (Å²) in [7, 11) is 3.18. The van der Waals surface area contributed by atoms with Gasteiger partial charge in [0.1, 0.15) is 5.75 Å². The van der Waals surface area contributed by atoms with E-state index < -0.39 is 12.6 Å². The van der Waals surface area contributed by atoms with E-state index in [0.29, 0.717) is 33.5 Å². The predicted octanol–water partition coefficient (Wildman–Crippen LogP) is 5.90. The summed E-state index contributed by atoms with van der Waals surface area (Å²) in [5.41, 5.74) is 4.71. The van der Waals surface area contributed by atoms with Crippen molar-refractivity contribution in [2.75, 3.05) is 20.8 Å². The first-order valence-electron chi connectivity index (χ1n) is 11.0. The van der Waals surface area contributed by atoms with Crippen LogP contribution in [0.15, 0.2) is 66.7 Å². The molecule has 4 aromatic rings. The van der Waals surface area contributed by atoms with Crippen LogP contribution in [-0.4, -0.2) is 41.7 Å². The molecule has 35 heavy (non-hydrogen) atoms. The summed E-state index contributed by atoms with van der Waals surface area (Å²) in [6.45, 7) is 1.60. The van der Waals surface area contributed by atoms with Crippen LogP contribution in [0.4, 0.5) is 0 Å². The SMILES string of the molecule is CCc1ccc(OCC(=O)O)c(-c2cc(-c3cccc(OC)c3OC)n(-c3ccc(Cl)cc3)n2)c1. The highest BCUT2D eigenvalue weighted by molar-refractivity contribution is 6.30. The number of para-hydroxylation sites is 1. The summed E-state index contributed by atoms with van der Waals surface area (Å²) in [4.78, 5) is 11.1. The van der Waals surface area contributed by atoms with Gasteiger partial charge in [-0.3, -0.25) is 0 Å². The Labute approximate surface area is 208 Å². The number of ether oxygens (including phenoxy) is 3. The van der Waals surface area contributed by atoms with E-state index in [9.17, 15) is 4.79 Å². The fraction of sp³-hybridized carbons (Fsp3) is 0.185. The lowest BCUT2D eigenvalue weighted by Crippen LogP contribution is -2.10. The van der Waals surface area contributed by atoms with E-state index in [-0.39, 0.29) is 0 Å². The van der Waals surface area contributed by atoms with Gasteiger partial charge in [-0.15, -0.1) is 0 Å². The van der Waals surface area contributed by atoms with Crippen LogP contribution in [-0.2, 0) is 11.2 Å². The number of benzene rings is 3. The Morgan fingerprint density at radius 1 is 0.971 bits per heavy atom. The van der Waals surface area contributed by atoms with Crippen LogP contribution in [0, 0.1) is 0 Å². The van der Waals surface area contributed by atoms with E-state index in [0.717, 1.165) is 28.9 Å².